The first-order valence-corrected chi connectivity index (χ1v) is 9.87. The summed E-state index contributed by atoms with van der Waals surface area (Å²) in [5.41, 5.74) is -1.23. The molecule has 1 amide bonds. The Balaban J connectivity index is 1.66. The van der Waals surface area contributed by atoms with Gasteiger partial charge in [0.1, 0.15) is 11.4 Å². The van der Waals surface area contributed by atoms with Crippen molar-refractivity contribution in [2.24, 2.45) is 13.0 Å². The molecule has 4 rings (SSSR count). The van der Waals surface area contributed by atoms with Crippen LogP contribution >= 0.6 is 0 Å². The fourth-order valence-electron chi connectivity index (χ4n) is 3.71. The highest BCUT2D eigenvalue weighted by atomic mass is 19.4. The summed E-state index contributed by atoms with van der Waals surface area (Å²) in [6.45, 7) is 6.71. The summed E-state index contributed by atoms with van der Waals surface area (Å²) in [4.78, 5) is 19.6. The summed E-state index contributed by atoms with van der Waals surface area (Å²) in [6.07, 6.45) is -0.598. The molecule has 12 heteroatoms. The molecule has 3 aromatic heterocycles. The Morgan fingerprint density at radius 2 is 2.06 bits per heavy atom. The van der Waals surface area contributed by atoms with Gasteiger partial charge in [0.15, 0.2) is 11.3 Å². The topological polar surface area (TPSA) is 92.4 Å². The third-order valence-corrected chi connectivity index (χ3v) is 5.21. The monoisotopic (exact) mass is 436 g/mol. The molecule has 0 bridgehead atoms. The first-order valence-electron chi connectivity index (χ1n) is 9.87. The number of carbonyl (C=O) groups is 1. The average molecular weight is 436 g/mol. The van der Waals surface area contributed by atoms with Gasteiger partial charge < -0.3 is 15.5 Å². The van der Waals surface area contributed by atoms with Crippen molar-refractivity contribution in [3.8, 4) is 0 Å². The molecule has 2 N–H and O–H groups in total. The Morgan fingerprint density at radius 1 is 1.29 bits per heavy atom. The molecule has 3 aromatic rings. The number of aryl methyl sites for hydroxylation is 1. The van der Waals surface area contributed by atoms with Gasteiger partial charge in [-0.1, -0.05) is 6.92 Å². The van der Waals surface area contributed by atoms with Crippen molar-refractivity contribution in [3.63, 3.8) is 0 Å². The van der Waals surface area contributed by atoms with Gasteiger partial charge in [-0.05, 0) is 25.5 Å². The Morgan fingerprint density at radius 3 is 2.81 bits per heavy atom. The fraction of sp³-hybridized carbons (Fsp3) is 0.474. The van der Waals surface area contributed by atoms with Crippen LogP contribution in [-0.2, 0) is 13.2 Å². The summed E-state index contributed by atoms with van der Waals surface area (Å²) < 4.78 is 42.0. The van der Waals surface area contributed by atoms with E-state index >= 15 is 0 Å². The molecule has 166 valence electrons. The number of halogens is 3. The van der Waals surface area contributed by atoms with E-state index in [0.29, 0.717) is 11.7 Å². The highest BCUT2D eigenvalue weighted by molar-refractivity contribution is 6.08. The van der Waals surface area contributed by atoms with Gasteiger partial charge in [-0.25, -0.2) is 9.50 Å². The van der Waals surface area contributed by atoms with Gasteiger partial charge in [0.05, 0.1) is 11.9 Å². The molecule has 0 radical (unpaired) electrons. The Hall–Kier alpha value is -3.15. The Kier molecular flexibility index (Phi) is 5.33. The van der Waals surface area contributed by atoms with Crippen LogP contribution in [0.4, 0.5) is 24.7 Å². The van der Waals surface area contributed by atoms with E-state index in [1.807, 2.05) is 6.07 Å². The number of nitrogens with one attached hydrogen (secondary N) is 2. The summed E-state index contributed by atoms with van der Waals surface area (Å²) in [6, 6.07) is 2.00. The third kappa shape index (κ3) is 4.20. The molecule has 0 spiro atoms. The molecule has 1 aliphatic rings. The zero-order valence-electron chi connectivity index (χ0n) is 17.3. The summed E-state index contributed by atoms with van der Waals surface area (Å²) in [5, 5.41) is 13.2. The maximum absolute atomic E-state index is 13.2. The molecule has 31 heavy (non-hydrogen) atoms. The standard InChI is InChI=1S/C19H23F3N8O/c1-11-6-23-7-12(2)29(9-11)15-4-5-30-17(26-15)13(8-24-30)18(31)25-14-10-28(3)27-16(14)19(20,21)22/h4-5,8,10-12,23H,6-7,9H2,1-3H3,(H,25,31)/t11-,12+/m1/s1. The quantitative estimate of drug-likeness (QED) is 0.654. The van der Waals surface area contributed by atoms with Crippen LogP contribution in [-0.4, -0.2) is 56.0 Å². The van der Waals surface area contributed by atoms with E-state index in [4.69, 9.17) is 0 Å². The molecule has 1 saturated heterocycles. The number of alkyl halides is 3. The minimum absolute atomic E-state index is 0.0764. The molecule has 0 unspecified atom stereocenters. The van der Waals surface area contributed by atoms with E-state index in [1.54, 1.807) is 6.20 Å². The smallest absolute Gasteiger partial charge is 0.352 e. The minimum atomic E-state index is -4.69. The molecule has 0 aromatic carbocycles. The Labute approximate surface area is 176 Å². The van der Waals surface area contributed by atoms with Crippen molar-refractivity contribution in [1.29, 1.82) is 0 Å². The molecule has 4 heterocycles. The average Bonchev–Trinajstić information content (AvgIpc) is 3.23. The second-order valence-electron chi connectivity index (χ2n) is 7.89. The molecule has 1 fully saturated rings. The van der Waals surface area contributed by atoms with E-state index in [0.717, 1.165) is 30.5 Å². The number of rotatable bonds is 3. The summed E-state index contributed by atoms with van der Waals surface area (Å²) in [5.74, 6) is 0.349. The molecule has 0 saturated carbocycles. The van der Waals surface area contributed by atoms with E-state index in [2.05, 4.69) is 44.6 Å². The summed E-state index contributed by atoms with van der Waals surface area (Å²) >= 11 is 0. The van der Waals surface area contributed by atoms with Crippen LogP contribution < -0.4 is 15.5 Å². The van der Waals surface area contributed by atoms with Gasteiger partial charge in [0, 0.05) is 38.6 Å². The lowest BCUT2D eigenvalue weighted by Gasteiger charge is -2.29. The Bertz CT molecular complexity index is 1110. The zero-order valence-corrected chi connectivity index (χ0v) is 17.3. The lowest BCUT2D eigenvalue weighted by molar-refractivity contribution is -0.140. The largest absolute Gasteiger partial charge is 0.437 e. The van der Waals surface area contributed by atoms with Gasteiger partial charge in [-0.15, -0.1) is 0 Å². The lowest BCUT2D eigenvalue weighted by atomic mass is 10.1. The number of anilines is 2. The zero-order chi connectivity index (χ0) is 22.3. The summed E-state index contributed by atoms with van der Waals surface area (Å²) in [7, 11) is 1.35. The van der Waals surface area contributed by atoms with Crippen LogP contribution in [0, 0.1) is 5.92 Å². The molecular weight excluding hydrogens is 413 g/mol. The van der Waals surface area contributed by atoms with Crippen LogP contribution in [0.25, 0.3) is 5.65 Å². The predicted octanol–water partition coefficient (Wildman–Crippen LogP) is 2.17. The number of hydrogen-bond donors (Lipinski definition) is 2. The van der Waals surface area contributed by atoms with Crippen LogP contribution in [0.15, 0.2) is 24.7 Å². The highest BCUT2D eigenvalue weighted by Crippen LogP contribution is 2.33. The number of carbonyl (C=O) groups excluding carboxylic acids is 1. The first kappa shape index (κ1) is 21.1. The lowest BCUT2D eigenvalue weighted by Crippen LogP contribution is -2.38. The van der Waals surface area contributed by atoms with Crippen molar-refractivity contribution in [2.45, 2.75) is 26.1 Å². The molecular formula is C19H23F3N8O. The predicted molar refractivity (Wildman–Crippen MR) is 108 cm³/mol. The number of hydrogen-bond acceptors (Lipinski definition) is 6. The fourth-order valence-corrected chi connectivity index (χ4v) is 3.71. The van der Waals surface area contributed by atoms with Gasteiger partial charge in [0.25, 0.3) is 5.91 Å². The van der Waals surface area contributed by atoms with E-state index in [1.165, 1.54) is 17.8 Å². The van der Waals surface area contributed by atoms with Gasteiger partial charge in [0.2, 0.25) is 0 Å². The number of nitrogens with zero attached hydrogens (tertiary/aromatic N) is 6. The van der Waals surface area contributed by atoms with Gasteiger partial charge >= 0.3 is 6.18 Å². The molecule has 0 aliphatic carbocycles. The van der Waals surface area contributed by atoms with Crippen molar-refractivity contribution in [1.82, 2.24) is 29.7 Å². The van der Waals surface area contributed by atoms with Crippen LogP contribution in [0.1, 0.15) is 29.9 Å². The first-order chi connectivity index (χ1) is 14.6. The number of amides is 1. The van der Waals surface area contributed by atoms with Gasteiger partial charge in [-0.2, -0.15) is 23.4 Å². The van der Waals surface area contributed by atoms with Crippen LogP contribution in [0.5, 0.6) is 0 Å². The third-order valence-electron chi connectivity index (χ3n) is 5.21. The molecule has 1 aliphatic heterocycles. The maximum atomic E-state index is 13.2. The van der Waals surface area contributed by atoms with Crippen LogP contribution in [0.3, 0.4) is 0 Å². The normalized spacial score (nSPS) is 20.1. The maximum Gasteiger partial charge on any atom is 0.437 e. The SMILES string of the molecule is C[C@@H]1CNC[C@H](C)N(c2ccn3ncc(C(=O)Nc4cn(C)nc4C(F)(F)F)c3n2)C1. The van der Waals surface area contributed by atoms with E-state index in [9.17, 15) is 18.0 Å². The number of fused-ring (bicyclic) bond motifs is 1. The van der Waals surface area contributed by atoms with Crippen LogP contribution in [0.2, 0.25) is 0 Å². The number of aromatic nitrogens is 5. The second kappa shape index (κ2) is 7.84. The van der Waals surface area contributed by atoms with Gasteiger partial charge in [-0.3, -0.25) is 9.48 Å². The highest BCUT2D eigenvalue weighted by Gasteiger charge is 2.38. The van der Waals surface area contributed by atoms with E-state index in [-0.39, 0.29) is 17.3 Å². The van der Waals surface area contributed by atoms with Crippen molar-refractivity contribution in [3.05, 3.63) is 35.9 Å². The second-order valence-corrected chi connectivity index (χ2v) is 7.89. The van der Waals surface area contributed by atoms with Crippen molar-refractivity contribution >= 4 is 23.1 Å². The van der Waals surface area contributed by atoms with Crippen molar-refractivity contribution in [2.75, 3.05) is 29.9 Å². The minimum Gasteiger partial charge on any atom is -0.352 e. The van der Waals surface area contributed by atoms with E-state index < -0.39 is 23.5 Å². The molecule has 2 atom stereocenters. The molecule has 9 nitrogen and oxygen atoms in total. The van der Waals surface area contributed by atoms with Crippen molar-refractivity contribution < 1.29 is 18.0 Å².